The van der Waals surface area contributed by atoms with E-state index in [1.165, 1.54) is 0 Å². The molecule has 0 spiro atoms. The fourth-order valence-electron chi connectivity index (χ4n) is 2.76. The average Bonchev–Trinajstić information content (AvgIpc) is 3.01. The summed E-state index contributed by atoms with van der Waals surface area (Å²) >= 11 is 0.699. The highest BCUT2D eigenvalue weighted by atomic mass is 32.2. The summed E-state index contributed by atoms with van der Waals surface area (Å²) in [4.78, 5) is 14.3. The molecule has 27 heavy (non-hydrogen) atoms. The Morgan fingerprint density at radius 3 is 1.93 bits per heavy atom. The van der Waals surface area contributed by atoms with Gasteiger partial charge in [0.1, 0.15) is 6.20 Å². The van der Waals surface area contributed by atoms with E-state index in [0.717, 1.165) is 22.9 Å². The van der Waals surface area contributed by atoms with Crippen LogP contribution in [0.5, 0.6) is 0 Å². The predicted octanol–water partition coefficient (Wildman–Crippen LogP) is 5.22. The van der Waals surface area contributed by atoms with Gasteiger partial charge in [0.05, 0.1) is 9.82 Å². The second kappa shape index (κ2) is 7.93. The molecule has 1 heterocycles. The summed E-state index contributed by atoms with van der Waals surface area (Å²) in [6.07, 6.45) is 1.05. The molecule has 0 saturated heterocycles. The lowest BCUT2D eigenvalue weighted by molar-refractivity contribution is -0.380. The Balaban J connectivity index is 2.64. The first-order valence-electron chi connectivity index (χ1n) is 8.74. The van der Waals surface area contributed by atoms with Crippen LogP contribution in [0, 0.1) is 10.1 Å². The zero-order chi connectivity index (χ0) is 20.5. The van der Waals surface area contributed by atoms with Gasteiger partial charge < -0.3 is 0 Å². The number of sulfonamides is 1. The van der Waals surface area contributed by atoms with Gasteiger partial charge in [-0.2, -0.15) is 0 Å². The number of nitro groups is 1. The SMILES string of the molecule is CC(C)c1cc(C(C)C)c(S(=O)(=O)Nc2ncc([N+](=O)[O-])s2)c(C(C)C)c1. The third kappa shape index (κ3) is 4.65. The largest absolute Gasteiger partial charge is 0.345 e. The minimum Gasteiger partial charge on any atom is -0.257 e. The van der Waals surface area contributed by atoms with Gasteiger partial charge in [0.15, 0.2) is 0 Å². The summed E-state index contributed by atoms with van der Waals surface area (Å²) in [7, 11) is -3.94. The third-order valence-corrected chi connectivity index (χ3v) is 6.71. The van der Waals surface area contributed by atoms with Crippen molar-refractivity contribution >= 4 is 31.5 Å². The van der Waals surface area contributed by atoms with Gasteiger partial charge in [0.2, 0.25) is 5.13 Å². The van der Waals surface area contributed by atoms with Crippen molar-refractivity contribution in [3.05, 3.63) is 45.1 Å². The second-order valence-corrected chi connectivity index (χ2v) is 9.99. The molecule has 0 aliphatic rings. The molecule has 0 radical (unpaired) electrons. The fourth-order valence-corrected chi connectivity index (χ4v) is 5.34. The number of hydrogen-bond acceptors (Lipinski definition) is 6. The van der Waals surface area contributed by atoms with Crippen LogP contribution < -0.4 is 4.72 Å². The van der Waals surface area contributed by atoms with Crippen molar-refractivity contribution in [2.24, 2.45) is 0 Å². The Bertz CT molecular complexity index is 918. The Hall–Kier alpha value is -2.00. The van der Waals surface area contributed by atoms with Gasteiger partial charge in [-0.25, -0.2) is 13.4 Å². The molecule has 0 amide bonds. The van der Waals surface area contributed by atoms with E-state index in [9.17, 15) is 18.5 Å². The molecule has 0 aliphatic heterocycles. The van der Waals surface area contributed by atoms with Gasteiger partial charge in [-0.05, 0) is 45.8 Å². The molecular weight excluding hydrogens is 386 g/mol. The summed E-state index contributed by atoms with van der Waals surface area (Å²) in [6, 6.07) is 3.89. The summed E-state index contributed by atoms with van der Waals surface area (Å²) in [5.41, 5.74) is 2.57. The summed E-state index contributed by atoms with van der Waals surface area (Å²) in [6.45, 7) is 12.0. The molecule has 1 aromatic carbocycles. The summed E-state index contributed by atoms with van der Waals surface area (Å²) in [5, 5.41) is 10.6. The maximum atomic E-state index is 13.2. The molecule has 0 saturated carbocycles. The van der Waals surface area contributed by atoms with Crippen LogP contribution in [-0.4, -0.2) is 18.3 Å². The number of aromatic nitrogens is 1. The third-order valence-electron chi connectivity index (χ3n) is 4.24. The quantitative estimate of drug-likeness (QED) is 0.497. The lowest BCUT2D eigenvalue weighted by Gasteiger charge is -2.22. The lowest BCUT2D eigenvalue weighted by Crippen LogP contribution is -2.19. The van der Waals surface area contributed by atoms with Gasteiger partial charge in [-0.15, -0.1) is 0 Å². The highest BCUT2D eigenvalue weighted by molar-refractivity contribution is 7.93. The molecule has 0 atom stereocenters. The Kier molecular flexibility index (Phi) is 6.26. The van der Waals surface area contributed by atoms with Crippen molar-refractivity contribution < 1.29 is 13.3 Å². The molecule has 0 bridgehead atoms. The zero-order valence-electron chi connectivity index (χ0n) is 16.3. The van der Waals surface area contributed by atoms with E-state index < -0.39 is 14.9 Å². The van der Waals surface area contributed by atoms with Crippen molar-refractivity contribution in [1.82, 2.24) is 4.98 Å². The van der Waals surface area contributed by atoms with E-state index in [4.69, 9.17) is 0 Å². The topological polar surface area (TPSA) is 102 Å². The standard InChI is InChI=1S/C18H25N3O4S2/c1-10(2)13-7-14(11(3)4)17(15(8-13)12(5)6)27(24,25)20-18-19-9-16(26-18)21(22)23/h7-12H,1-6H3,(H,19,20). The van der Waals surface area contributed by atoms with Crippen LogP contribution in [0.1, 0.15) is 76.0 Å². The molecular formula is C18H25N3O4S2. The number of nitrogens with one attached hydrogen (secondary N) is 1. The van der Waals surface area contributed by atoms with E-state index in [1.807, 2.05) is 39.8 Å². The molecule has 2 rings (SSSR count). The number of benzene rings is 1. The van der Waals surface area contributed by atoms with Crippen LogP contribution in [-0.2, 0) is 10.0 Å². The normalized spacial score (nSPS) is 12.2. The van der Waals surface area contributed by atoms with Crippen LogP contribution in [0.4, 0.5) is 10.1 Å². The van der Waals surface area contributed by atoms with Crippen LogP contribution in [0.15, 0.2) is 23.2 Å². The predicted molar refractivity (Wildman–Crippen MR) is 108 cm³/mol. The minimum atomic E-state index is -3.94. The zero-order valence-corrected chi connectivity index (χ0v) is 17.9. The second-order valence-electron chi connectivity index (χ2n) is 7.36. The van der Waals surface area contributed by atoms with Crippen LogP contribution in [0.2, 0.25) is 0 Å². The van der Waals surface area contributed by atoms with E-state index >= 15 is 0 Å². The maximum absolute atomic E-state index is 13.2. The number of rotatable bonds is 7. The number of anilines is 1. The first-order chi connectivity index (χ1) is 12.4. The summed E-state index contributed by atoms with van der Waals surface area (Å²) < 4.78 is 28.8. The number of hydrogen-bond donors (Lipinski definition) is 1. The Morgan fingerprint density at radius 1 is 1.04 bits per heavy atom. The first kappa shape index (κ1) is 21.3. The highest BCUT2D eigenvalue weighted by Crippen LogP contribution is 2.36. The number of nitrogens with zero attached hydrogens (tertiary/aromatic N) is 2. The van der Waals surface area contributed by atoms with Crippen molar-refractivity contribution in [1.29, 1.82) is 0 Å². The molecule has 148 valence electrons. The smallest absolute Gasteiger partial charge is 0.257 e. The van der Waals surface area contributed by atoms with Gasteiger partial charge in [-0.1, -0.05) is 53.7 Å². The Morgan fingerprint density at radius 2 is 1.56 bits per heavy atom. The number of thiazole rings is 1. The van der Waals surface area contributed by atoms with Crippen molar-refractivity contribution in [2.75, 3.05) is 4.72 Å². The van der Waals surface area contributed by atoms with E-state index in [1.54, 1.807) is 0 Å². The molecule has 0 unspecified atom stereocenters. The molecule has 1 N–H and O–H groups in total. The maximum Gasteiger partial charge on any atom is 0.345 e. The van der Waals surface area contributed by atoms with Gasteiger partial charge in [0.25, 0.3) is 10.0 Å². The summed E-state index contributed by atoms with van der Waals surface area (Å²) in [5.74, 6) is 0.267. The van der Waals surface area contributed by atoms with Gasteiger partial charge in [-0.3, -0.25) is 14.8 Å². The molecule has 1 aromatic heterocycles. The average molecular weight is 412 g/mol. The Labute approximate surface area is 164 Å². The lowest BCUT2D eigenvalue weighted by atomic mass is 9.89. The van der Waals surface area contributed by atoms with E-state index in [2.05, 4.69) is 23.6 Å². The molecule has 7 nitrogen and oxygen atoms in total. The van der Waals surface area contributed by atoms with Crippen molar-refractivity contribution in [3.63, 3.8) is 0 Å². The van der Waals surface area contributed by atoms with E-state index in [0.29, 0.717) is 11.3 Å². The van der Waals surface area contributed by atoms with Crippen molar-refractivity contribution in [3.8, 4) is 0 Å². The monoisotopic (exact) mass is 411 g/mol. The first-order valence-corrected chi connectivity index (χ1v) is 11.0. The van der Waals surface area contributed by atoms with Gasteiger partial charge in [0, 0.05) is 0 Å². The molecule has 0 aliphatic carbocycles. The fraction of sp³-hybridized carbons (Fsp3) is 0.500. The van der Waals surface area contributed by atoms with E-state index in [-0.39, 0.29) is 32.8 Å². The van der Waals surface area contributed by atoms with Crippen LogP contribution >= 0.6 is 11.3 Å². The van der Waals surface area contributed by atoms with Crippen LogP contribution in [0.25, 0.3) is 0 Å². The molecule has 2 aromatic rings. The molecule has 0 fully saturated rings. The molecule has 9 heteroatoms. The van der Waals surface area contributed by atoms with Crippen molar-refractivity contribution in [2.45, 2.75) is 64.2 Å². The minimum absolute atomic E-state index is 0.00148. The van der Waals surface area contributed by atoms with Crippen LogP contribution in [0.3, 0.4) is 0 Å². The van der Waals surface area contributed by atoms with Gasteiger partial charge >= 0.3 is 5.00 Å². The highest BCUT2D eigenvalue weighted by Gasteiger charge is 2.28.